The number of H-pyrrole nitrogens is 1. The van der Waals surface area contributed by atoms with Gasteiger partial charge in [0.15, 0.2) is 5.78 Å². The highest BCUT2D eigenvalue weighted by Crippen LogP contribution is 2.37. The molecular weight excluding hydrogens is 541 g/mol. The molecule has 0 bridgehead atoms. The lowest BCUT2D eigenvalue weighted by Crippen LogP contribution is -2.22. The number of carbonyl (C=O) groups excluding carboxylic acids is 1. The fourth-order valence-corrected chi connectivity index (χ4v) is 4.21. The first-order valence-corrected chi connectivity index (χ1v) is 11.9. The highest BCUT2D eigenvalue weighted by Gasteiger charge is 2.32. The summed E-state index contributed by atoms with van der Waals surface area (Å²) >= 11 is 6.15. The molecule has 0 amide bonds. The quantitative estimate of drug-likeness (QED) is 0.188. The number of rotatable bonds is 11. The number of carbonyl (C=O) groups is 1. The van der Waals surface area contributed by atoms with Gasteiger partial charge in [0.1, 0.15) is 35.6 Å². The van der Waals surface area contributed by atoms with Crippen LogP contribution < -0.4 is 24.3 Å². The van der Waals surface area contributed by atoms with Gasteiger partial charge >= 0.3 is 6.36 Å². The molecule has 1 aromatic heterocycles. The largest absolute Gasteiger partial charge is 0.573 e. The van der Waals surface area contributed by atoms with E-state index in [1.165, 1.54) is 26.5 Å². The van der Waals surface area contributed by atoms with Gasteiger partial charge in [0.25, 0.3) is 0 Å². The van der Waals surface area contributed by atoms with Crippen LogP contribution in [0.1, 0.15) is 22.0 Å². The average Bonchev–Trinajstić information content (AvgIpc) is 3.32. The number of aliphatic hydroxyl groups excluding tert-OH is 1. The van der Waals surface area contributed by atoms with Crippen LogP contribution in [0.4, 0.5) is 18.9 Å². The smallest absolute Gasteiger partial charge is 0.497 e. The van der Waals surface area contributed by atoms with Crippen molar-refractivity contribution in [2.24, 2.45) is 0 Å². The van der Waals surface area contributed by atoms with Crippen molar-refractivity contribution in [2.75, 3.05) is 32.8 Å². The summed E-state index contributed by atoms with van der Waals surface area (Å²) in [6.45, 7) is -0.165. The summed E-state index contributed by atoms with van der Waals surface area (Å²) in [5.74, 6) is 0.167. The third-order valence-corrected chi connectivity index (χ3v) is 5.94. The number of Topliss-reactive ketones (excluding diaryl/α,β-unsaturated/α-hetero) is 1. The fraction of sp³-hybridized carbons (Fsp3) is 0.222. The lowest BCUT2D eigenvalue weighted by atomic mass is 9.95. The van der Waals surface area contributed by atoms with Crippen molar-refractivity contribution in [3.05, 3.63) is 76.9 Å². The minimum absolute atomic E-state index is 0.0393. The molecule has 8 nitrogen and oxygen atoms in total. The summed E-state index contributed by atoms with van der Waals surface area (Å²) in [5.41, 5.74) is 1.41. The summed E-state index contributed by atoms with van der Waals surface area (Å²) in [5, 5.41) is 12.9. The zero-order valence-electron chi connectivity index (χ0n) is 20.8. The first-order chi connectivity index (χ1) is 18.6. The predicted molar refractivity (Wildman–Crippen MR) is 139 cm³/mol. The number of nitrogens with one attached hydrogen (secondary N) is 2. The Hall–Kier alpha value is -4.09. The maximum atomic E-state index is 14.1. The van der Waals surface area contributed by atoms with Gasteiger partial charge in [-0.1, -0.05) is 17.7 Å². The van der Waals surface area contributed by atoms with Gasteiger partial charge < -0.3 is 34.4 Å². The first kappa shape index (κ1) is 27.9. The van der Waals surface area contributed by atoms with Gasteiger partial charge in [-0.2, -0.15) is 0 Å². The standard InChI is InChI=1S/C27H24ClF3N2O6/c1-36-18-10-16(11-19(12-18)38-8-7-34)33-25(20-5-3-15(28)9-24(20)37-2)26(35)22-14-32-23-6-4-17(13-21(22)23)39-27(29,30)31/h3-6,9-14,25,32-34H,7-8H2,1-2H3. The predicted octanol–water partition coefficient (Wildman–Crippen LogP) is 6.14. The number of ketones is 1. The molecule has 3 aromatic carbocycles. The molecule has 3 N–H and O–H groups in total. The summed E-state index contributed by atoms with van der Waals surface area (Å²) in [6, 6.07) is 12.2. The molecule has 0 aliphatic carbocycles. The SMILES string of the molecule is COc1cc(NC(C(=O)c2c[nH]c3ccc(OC(F)(F)F)cc23)c2ccc(Cl)cc2OC)cc(OCCO)c1. The van der Waals surface area contributed by atoms with Gasteiger partial charge in [0.05, 0.1) is 20.8 Å². The van der Waals surface area contributed by atoms with Crippen molar-refractivity contribution in [1.82, 2.24) is 4.98 Å². The molecule has 1 unspecified atom stereocenters. The van der Waals surface area contributed by atoms with Gasteiger partial charge in [0.2, 0.25) is 0 Å². The van der Waals surface area contributed by atoms with E-state index in [1.54, 1.807) is 36.4 Å². The Morgan fingerprint density at radius 3 is 2.49 bits per heavy atom. The number of hydrogen-bond donors (Lipinski definition) is 3. The van der Waals surface area contributed by atoms with Crippen LogP contribution in [0.3, 0.4) is 0 Å². The van der Waals surface area contributed by atoms with Crippen LogP contribution in [-0.4, -0.2) is 49.7 Å². The number of aliphatic hydroxyl groups is 1. The fourth-order valence-electron chi connectivity index (χ4n) is 4.05. The summed E-state index contributed by atoms with van der Waals surface area (Å²) in [4.78, 5) is 17.0. The molecule has 206 valence electrons. The van der Waals surface area contributed by atoms with E-state index < -0.39 is 23.9 Å². The second-order valence-electron chi connectivity index (χ2n) is 8.25. The van der Waals surface area contributed by atoms with Crippen LogP contribution in [0, 0.1) is 0 Å². The Balaban J connectivity index is 1.81. The molecule has 4 aromatic rings. The monoisotopic (exact) mass is 564 g/mol. The summed E-state index contributed by atoms with van der Waals surface area (Å²) in [7, 11) is 2.89. The number of methoxy groups -OCH3 is 2. The van der Waals surface area contributed by atoms with Crippen molar-refractivity contribution < 1.29 is 42.0 Å². The molecule has 0 spiro atoms. The number of halogens is 4. The van der Waals surface area contributed by atoms with Crippen LogP contribution in [-0.2, 0) is 0 Å². The van der Waals surface area contributed by atoms with Gasteiger partial charge in [0, 0.05) is 57.1 Å². The Morgan fingerprint density at radius 2 is 1.79 bits per heavy atom. The second kappa shape index (κ2) is 11.7. The number of fused-ring (bicyclic) bond motifs is 1. The van der Waals surface area contributed by atoms with Crippen LogP contribution in [0.25, 0.3) is 10.9 Å². The number of benzene rings is 3. The van der Waals surface area contributed by atoms with E-state index in [-0.39, 0.29) is 24.2 Å². The summed E-state index contributed by atoms with van der Waals surface area (Å²) < 4.78 is 58.9. The van der Waals surface area contributed by atoms with Crippen LogP contribution in [0.2, 0.25) is 5.02 Å². The molecule has 0 saturated heterocycles. The molecule has 0 aliphatic rings. The zero-order chi connectivity index (χ0) is 28.2. The Kier molecular flexibility index (Phi) is 8.41. The topological polar surface area (TPSA) is 102 Å². The molecule has 0 fully saturated rings. The van der Waals surface area contributed by atoms with E-state index in [0.717, 1.165) is 12.1 Å². The van der Waals surface area contributed by atoms with E-state index in [4.69, 9.17) is 30.9 Å². The number of aromatic nitrogens is 1. The number of anilines is 1. The molecule has 1 heterocycles. The maximum absolute atomic E-state index is 14.1. The van der Waals surface area contributed by atoms with E-state index >= 15 is 0 Å². The van der Waals surface area contributed by atoms with Crippen LogP contribution in [0.5, 0.6) is 23.0 Å². The van der Waals surface area contributed by atoms with Gasteiger partial charge in [-0.25, -0.2) is 0 Å². The van der Waals surface area contributed by atoms with Gasteiger partial charge in [-0.15, -0.1) is 13.2 Å². The maximum Gasteiger partial charge on any atom is 0.573 e. The second-order valence-corrected chi connectivity index (χ2v) is 8.69. The third kappa shape index (κ3) is 6.68. The Labute approximate surface area is 226 Å². The van der Waals surface area contributed by atoms with E-state index in [1.807, 2.05) is 0 Å². The number of hydrogen-bond acceptors (Lipinski definition) is 7. The van der Waals surface area contributed by atoms with E-state index in [0.29, 0.717) is 39.0 Å². The third-order valence-electron chi connectivity index (χ3n) is 5.71. The highest BCUT2D eigenvalue weighted by molar-refractivity contribution is 6.30. The lowest BCUT2D eigenvalue weighted by molar-refractivity contribution is -0.274. The Morgan fingerprint density at radius 1 is 1.03 bits per heavy atom. The van der Waals surface area contributed by atoms with Crippen molar-refractivity contribution >= 4 is 34.0 Å². The minimum Gasteiger partial charge on any atom is -0.497 e. The molecule has 0 saturated carbocycles. The molecule has 1 atom stereocenters. The molecule has 0 radical (unpaired) electrons. The molecule has 4 rings (SSSR count). The van der Waals surface area contributed by atoms with Crippen molar-refractivity contribution in [2.45, 2.75) is 12.4 Å². The molecule has 39 heavy (non-hydrogen) atoms. The van der Waals surface area contributed by atoms with E-state index in [9.17, 15) is 18.0 Å². The van der Waals surface area contributed by atoms with E-state index in [2.05, 4.69) is 15.0 Å². The molecule has 0 aliphatic heterocycles. The van der Waals surface area contributed by atoms with Crippen molar-refractivity contribution in [3.8, 4) is 23.0 Å². The minimum atomic E-state index is -4.89. The molecular formula is C27H24ClF3N2O6. The van der Waals surface area contributed by atoms with Crippen LogP contribution in [0.15, 0.2) is 60.8 Å². The average molecular weight is 565 g/mol. The number of aromatic amines is 1. The van der Waals surface area contributed by atoms with Crippen molar-refractivity contribution in [1.29, 1.82) is 0 Å². The highest BCUT2D eigenvalue weighted by atomic mass is 35.5. The van der Waals surface area contributed by atoms with Crippen LogP contribution >= 0.6 is 11.6 Å². The van der Waals surface area contributed by atoms with Gasteiger partial charge in [-0.05, 0) is 30.3 Å². The summed E-state index contributed by atoms with van der Waals surface area (Å²) in [6.07, 6.45) is -3.47. The number of alkyl halides is 3. The van der Waals surface area contributed by atoms with Crippen molar-refractivity contribution in [3.63, 3.8) is 0 Å². The van der Waals surface area contributed by atoms with Gasteiger partial charge in [-0.3, -0.25) is 4.79 Å². The normalized spacial score (nSPS) is 12.2. The zero-order valence-corrected chi connectivity index (χ0v) is 21.5. The lowest BCUT2D eigenvalue weighted by Gasteiger charge is -2.22. The first-order valence-electron chi connectivity index (χ1n) is 11.6. The molecule has 12 heteroatoms. The number of ether oxygens (including phenoxy) is 4. The Bertz CT molecular complexity index is 1470.